The van der Waals surface area contributed by atoms with Crippen LogP contribution < -0.4 is 0 Å². The fourth-order valence-corrected chi connectivity index (χ4v) is 5.43. The monoisotopic (exact) mass is 628 g/mol. The van der Waals surface area contributed by atoms with E-state index in [0.29, 0.717) is 23.5 Å². The summed E-state index contributed by atoms with van der Waals surface area (Å²) in [5.41, 5.74) is 0.826. The molecule has 1 aromatic carbocycles. The molecule has 0 saturated carbocycles. The molecule has 1 N–H and O–H groups in total. The summed E-state index contributed by atoms with van der Waals surface area (Å²) in [6.07, 6.45) is 0. The number of carboxylic acid groups (broad SMARTS) is 1. The second kappa shape index (κ2) is 15.0. The molecule has 2 aliphatic heterocycles. The Kier molecular flexibility index (Phi) is 13.2. The van der Waals surface area contributed by atoms with Gasteiger partial charge in [-0.05, 0) is 33.3 Å². The van der Waals surface area contributed by atoms with Crippen LogP contribution in [0.15, 0.2) is 46.8 Å². The highest BCUT2D eigenvalue weighted by atomic mass is 35.5. The molecular formula is C29H42Cl2N4O7. The highest BCUT2D eigenvalue weighted by Crippen LogP contribution is 2.42. The van der Waals surface area contributed by atoms with Crippen molar-refractivity contribution in [3.05, 3.63) is 62.5 Å². The van der Waals surface area contributed by atoms with E-state index >= 15 is 0 Å². The molecule has 0 spiro atoms. The predicted molar refractivity (Wildman–Crippen MR) is 164 cm³/mol. The van der Waals surface area contributed by atoms with Crippen molar-refractivity contribution in [1.29, 1.82) is 0 Å². The minimum Gasteiger partial charge on any atom is -0.478 e. The van der Waals surface area contributed by atoms with Gasteiger partial charge in [0, 0.05) is 68.7 Å². The van der Waals surface area contributed by atoms with E-state index in [1.807, 2.05) is 20.8 Å². The number of Topliss-reactive ketones (excluding diaryl/α,β-unsaturated/α-hetero) is 1. The van der Waals surface area contributed by atoms with E-state index in [0.717, 1.165) is 26.2 Å². The van der Waals surface area contributed by atoms with Crippen molar-refractivity contribution in [2.75, 3.05) is 46.4 Å². The van der Waals surface area contributed by atoms with Gasteiger partial charge < -0.3 is 19.6 Å². The fourth-order valence-electron chi connectivity index (χ4n) is 5.43. The SMILES string of the molecule is CC(=O)C(C)N1CCN(CC(C)(C)COC(=O)C2=C(C)N(C)C(C)=C(C(=O)O)C2c2cccc([N+](=O)[O-])c2)CC1.Cl.Cl. The molecule has 13 heteroatoms. The number of rotatable bonds is 10. The number of carbonyl (C=O) groups excluding carboxylic acids is 2. The Hall–Kier alpha value is -2.99. The lowest BCUT2D eigenvalue weighted by atomic mass is 9.79. The van der Waals surface area contributed by atoms with Gasteiger partial charge in [0.2, 0.25) is 0 Å². The highest BCUT2D eigenvalue weighted by molar-refractivity contribution is 5.99. The number of aliphatic carboxylic acids is 1. The number of benzene rings is 1. The van der Waals surface area contributed by atoms with Crippen LogP contribution >= 0.6 is 24.8 Å². The molecule has 3 rings (SSSR count). The number of non-ortho nitro benzene ring substituents is 1. The van der Waals surface area contributed by atoms with Gasteiger partial charge in [0.05, 0.1) is 34.6 Å². The number of ether oxygens (including phenoxy) is 1. The van der Waals surface area contributed by atoms with Crippen LogP contribution in [0.4, 0.5) is 5.69 Å². The number of ketones is 1. The zero-order valence-corrected chi connectivity index (χ0v) is 26.8. The Morgan fingerprint density at radius 1 is 1.10 bits per heavy atom. The summed E-state index contributed by atoms with van der Waals surface area (Å²) in [6, 6.07) is 5.61. The van der Waals surface area contributed by atoms with Gasteiger partial charge in [-0.3, -0.25) is 19.8 Å². The maximum atomic E-state index is 13.6. The predicted octanol–water partition coefficient (Wildman–Crippen LogP) is 4.26. The molecule has 1 saturated heterocycles. The van der Waals surface area contributed by atoms with Crippen LogP contribution in [-0.2, 0) is 19.1 Å². The first-order valence-corrected chi connectivity index (χ1v) is 13.4. The molecule has 11 nitrogen and oxygen atoms in total. The van der Waals surface area contributed by atoms with Crippen molar-refractivity contribution in [2.45, 2.75) is 53.5 Å². The quantitative estimate of drug-likeness (QED) is 0.227. The Labute approximate surface area is 259 Å². The molecular weight excluding hydrogens is 587 g/mol. The van der Waals surface area contributed by atoms with E-state index < -0.39 is 28.2 Å². The summed E-state index contributed by atoms with van der Waals surface area (Å²) in [5.74, 6) is -2.74. The largest absolute Gasteiger partial charge is 0.478 e. The normalized spacial score (nSPS) is 19.0. The van der Waals surface area contributed by atoms with Gasteiger partial charge in [0.25, 0.3) is 5.69 Å². The number of piperazine rings is 1. The third-order valence-electron chi connectivity index (χ3n) is 8.02. The lowest BCUT2D eigenvalue weighted by Crippen LogP contribution is -2.53. The van der Waals surface area contributed by atoms with Crippen LogP contribution in [0, 0.1) is 15.5 Å². The average molecular weight is 630 g/mol. The third-order valence-corrected chi connectivity index (χ3v) is 8.02. The number of halogens is 2. The van der Waals surface area contributed by atoms with Gasteiger partial charge in [0.15, 0.2) is 0 Å². The third kappa shape index (κ3) is 8.31. The second-order valence-corrected chi connectivity index (χ2v) is 11.5. The zero-order valence-electron chi connectivity index (χ0n) is 25.2. The van der Waals surface area contributed by atoms with E-state index in [-0.39, 0.29) is 60.1 Å². The molecule has 2 aliphatic rings. The first-order chi connectivity index (χ1) is 18.6. The standard InChI is InChI=1S/C29H40N4O7.2ClH/c1-18(21(4)34)32-13-11-31(12-14-32)16-29(5,6)17-40-28(37)25-20(3)30(7)19(2)24(27(35)36)26(25)22-9-8-10-23(15-22)33(38)39;;/h8-10,15,18,26H,11-14,16-17H2,1-7H3,(H,35,36);2*1H. The summed E-state index contributed by atoms with van der Waals surface area (Å²) < 4.78 is 5.84. The van der Waals surface area contributed by atoms with Crippen LogP contribution in [0.3, 0.4) is 0 Å². The van der Waals surface area contributed by atoms with Gasteiger partial charge in [-0.25, -0.2) is 9.59 Å². The van der Waals surface area contributed by atoms with Crippen LogP contribution in [0.25, 0.3) is 0 Å². The molecule has 0 aromatic heterocycles. The van der Waals surface area contributed by atoms with Crippen molar-refractivity contribution in [2.24, 2.45) is 5.41 Å². The van der Waals surface area contributed by atoms with Crippen LogP contribution in [0.1, 0.15) is 53.0 Å². The van der Waals surface area contributed by atoms with Crippen LogP contribution in [0.2, 0.25) is 0 Å². The van der Waals surface area contributed by atoms with E-state index in [4.69, 9.17) is 4.74 Å². The minimum absolute atomic E-state index is 0. The number of hydrogen-bond donors (Lipinski definition) is 1. The lowest BCUT2D eigenvalue weighted by molar-refractivity contribution is -0.384. The first kappa shape index (κ1) is 37.0. The Balaban J connectivity index is 0.00000441. The van der Waals surface area contributed by atoms with Gasteiger partial charge in [0.1, 0.15) is 5.78 Å². The molecule has 2 heterocycles. The molecule has 0 bridgehead atoms. The number of carbonyl (C=O) groups is 3. The lowest BCUT2D eigenvalue weighted by Gasteiger charge is -2.40. The second-order valence-electron chi connectivity index (χ2n) is 11.5. The van der Waals surface area contributed by atoms with Gasteiger partial charge in [-0.2, -0.15) is 0 Å². The Morgan fingerprint density at radius 3 is 2.19 bits per heavy atom. The molecule has 1 aromatic rings. The number of hydrogen-bond acceptors (Lipinski definition) is 9. The smallest absolute Gasteiger partial charge is 0.336 e. The van der Waals surface area contributed by atoms with Gasteiger partial charge in [-0.1, -0.05) is 26.0 Å². The summed E-state index contributed by atoms with van der Waals surface area (Å²) in [7, 11) is 1.68. The van der Waals surface area contributed by atoms with Crippen molar-refractivity contribution >= 4 is 48.2 Å². The topological polar surface area (TPSA) is 134 Å². The molecule has 2 atom stereocenters. The van der Waals surface area contributed by atoms with E-state index in [1.165, 1.54) is 18.2 Å². The van der Waals surface area contributed by atoms with Gasteiger partial charge >= 0.3 is 11.9 Å². The highest BCUT2D eigenvalue weighted by Gasteiger charge is 2.40. The maximum Gasteiger partial charge on any atom is 0.336 e. The Morgan fingerprint density at radius 2 is 1.67 bits per heavy atom. The molecule has 0 radical (unpaired) electrons. The number of nitro groups is 1. The Bertz CT molecular complexity index is 1260. The zero-order chi connectivity index (χ0) is 29.9. The van der Waals surface area contributed by atoms with E-state index in [9.17, 15) is 29.6 Å². The maximum absolute atomic E-state index is 13.6. The number of esters is 1. The molecule has 234 valence electrons. The van der Waals surface area contributed by atoms with E-state index in [2.05, 4.69) is 9.80 Å². The van der Waals surface area contributed by atoms with Crippen molar-refractivity contribution in [3.63, 3.8) is 0 Å². The van der Waals surface area contributed by atoms with Crippen molar-refractivity contribution in [1.82, 2.24) is 14.7 Å². The van der Waals surface area contributed by atoms with Crippen LogP contribution in [-0.4, -0.2) is 94.9 Å². The molecule has 1 fully saturated rings. The fraction of sp³-hybridized carbons (Fsp3) is 0.552. The summed E-state index contributed by atoms with van der Waals surface area (Å²) >= 11 is 0. The summed E-state index contributed by atoms with van der Waals surface area (Å²) in [6.45, 7) is 14.8. The number of nitrogens with zero attached hydrogens (tertiary/aromatic N) is 4. The minimum atomic E-state index is -1.21. The molecule has 2 unspecified atom stereocenters. The average Bonchev–Trinajstić information content (AvgIpc) is 2.89. The first-order valence-electron chi connectivity index (χ1n) is 13.4. The number of allylic oxidation sites excluding steroid dienone is 2. The molecule has 0 amide bonds. The van der Waals surface area contributed by atoms with Crippen molar-refractivity contribution in [3.8, 4) is 0 Å². The summed E-state index contributed by atoms with van der Waals surface area (Å²) in [5, 5.41) is 21.6. The summed E-state index contributed by atoms with van der Waals surface area (Å²) in [4.78, 5) is 54.8. The van der Waals surface area contributed by atoms with E-state index in [1.54, 1.807) is 38.8 Å². The van der Waals surface area contributed by atoms with Crippen molar-refractivity contribution < 1.29 is 29.2 Å². The number of carboxylic acids is 1. The molecule has 0 aliphatic carbocycles. The molecule has 42 heavy (non-hydrogen) atoms. The van der Waals surface area contributed by atoms with Crippen LogP contribution in [0.5, 0.6) is 0 Å². The van der Waals surface area contributed by atoms with Gasteiger partial charge in [-0.15, -0.1) is 24.8 Å². The number of nitro benzene ring substituents is 1.